The zero-order valence-electron chi connectivity index (χ0n) is 9.04. The summed E-state index contributed by atoms with van der Waals surface area (Å²) in [5.41, 5.74) is 7.83. The van der Waals surface area contributed by atoms with Gasteiger partial charge in [-0.2, -0.15) is 0 Å². The Balaban J connectivity index is 2.21. The summed E-state index contributed by atoms with van der Waals surface area (Å²) in [5.74, 6) is 0.795. The van der Waals surface area contributed by atoms with Gasteiger partial charge in [-0.05, 0) is 52.9 Å². The Morgan fingerprint density at radius 2 is 2.27 bits per heavy atom. The van der Waals surface area contributed by atoms with Crippen molar-refractivity contribution in [3.63, 3.8) is 0 Å². The Hall–Kier alpha value is -0.700. The molecule has 1 aromatic carbocycles. The van der Waals surface area contributed by atoms with Crippen LogP contribution in [0.25, 0.3) is 0 Å². The summed E-state index contributed by atoms with van der Waals surface area (Å²) in [4.78, 5) is 2.44. The molecule has 15 heavy (non-hydrogen) atoms. The molecule has 1 aromatic rings. The molecule has 0 aliphatic carbocycles. The van der Waals surface area contributed by atoms with Gasteiger partial charge in [-0.3, -0.25) is 0 Å². The van der Waals surface area contributed by atoms with Crippen molar-refractivity contribution in [3.05, 3.63) is 22.7 Å². The van der Waals surface area contributed by atoms with E-state index in [1.165, 1.54) is 18.5 Å². The molecule has 2 rings (SSSR count). The number of anilines is 2. The quantitative estimate of drug-likeness (QED) is 0.793. The number of halogens is 1. The number of hydrogen-bond acceptors (Lipinski definition) is 2. The molecular weight excluding hydrogens is 252 g/mol. The molecule has 1 aliphatic rings. The Labute approximate surface area is 99.6 Å². The van der Waals surface area contributed by atoms with Crippen LogP contribution in [0, 0.1) is 5.92 Å². The fourth-order valence-electron chi connectivity index (χ4n) is 2.19. The molecule has 0 radical (unpaired) electrons. The Morgan fingerprint density at radius 1 is 1.47 bits per heavy atom. The van der Waals surface area contributed by atoms with Gasteiger partial charge in [-0.25, -0.2) is 0 Å². The molecule has 0 spiro atoms. The number of rotatable bonds is 1. The molecular formula is C12H17BrN2. The lowest BCUT2D eigenvalue weighted by molar-refractivity contribution is 0.446. The standard InChI is InChI=1S/C12H17BrN2/c1-9-3-2-6-15(8-9)12-5-4-10(14)7-11(12)13/h4-5,7,9H,2-3,6,8,14H2,1H3. The monoisotopic (exact) mass is 268 g/mol. The molecule has 1 heterocycles. The predicted octanol–water partition coefficient (Wildman–Crippen LogP) is 3.27. The van der Waals surface area contributed by atoms with E-state index in [1.807, 2.05) is 12.1 Å². The molecule has 2 N–H and O–H groups in total. The van der Waals surface area contributed by atoms with Crippen LogP contribution in [0.15, 0.2) is 22.7 Å². The number of nitrogen functional groups attached to an aromatic ring is 1. The van der Waals surface area contributed by atoms with Crippen LogP contribution in [-0.2, 0) is 0 Å². The lowest BCUT2D eigenvalue weighted by Gasteiger charge is -2.33. The van der Waals surface area contributed by atoms with Crippen LogP contribution in [0.2, 0.25) is 0 Å². The summed E-state index contributed by atoms with van der Waals surface area (Å²) in [6.07, 6.45) is 2.64. The first kappa shape index (κ1) is 10.8. The second-order valence-electron chi connectivity index (χ2n) is 4.40. The maximum Gasteiger partial charge on any atom is 0.0512 e. The molecule has 1 unspecified atom stereocenters. The van der Waals surface area contributed by atoms with Crippen molar-refractivity contribution in [2.75, 3.05) is 23.7 Å². The van der Waals surface area contributed by atoms with Gasteiger partial charge in [0.1, 0.15) is 0 Å². The molecule has 3 heteroatoms. The van der Waals surface area contributed by atoms with Gasteiger partial charge in [0.05, 0.1) is 5.69 Å². The van der Waals surface area contributed by atoms with Gasteiger partial charge in [0.25, 0.3) is 0 Å². The number of hydrogen-bond donors (Lipinski definition) is 1. The van der Waals surface area contributed by atoms with E-state index in [2.05, 4.69) is 33.8 Å². The maximum atomic E-state index is 5.74. The predicted molar refractivity (Wildman–Crippen MR) is 69.2 cm³/mol. The SMILES string of the molecule is CC1CCCN(c2ccc(N)cc2Br)C1. The number of nitrogens with zero attached hydrogens (tertiary/aromatic N) is 1. The fourth-order valence-corrected chi connectivity index (χ4v) is 2.84. The zero-order valence-corrected chi connectivity index (χ0v) is 10.6. The van der Waals surface area contributed by atoms with E-state index in [1.54, 1.807) is 0 Å². The molecule has 1 saturated heterocycles. The summed E-state index contributed by atoms with van der Waals surface area (Å²) in [7, 11) is 0. The van der Waals surface area contributed by atoms with Crippen molar-refractivity contribution in [2.24, 2.45) is 5.92 Å². The Bertz CT molecular complexity index is 351. The number of benzene rings is 1. The van der Waals surface area contributed by atoms with E-state index in [4.69, 9.17) is 5.73 Å². The van der Waals surface area contributed by atoms with Gasteiger partial charge in [0, 0.05) is 23.2 Å². The summed E-state index contributed by atoms with van der Waals surface area (Å²) in [6, 6.07) is 6.06. The van der Waals surface area contributed by atoms with Crippen molar-refractivity contribution in [1.29, 1.82) is 0 Å². The third-order valence-corrected chi connectivity index (χ3v) is 3.60. The topological polar surface area (TPSA) is 29.3 Å². The highest BCUT2D eigenvalue weighted by Crippen LogP contribution is 2.31. The highest BCUT2D eigenvalue weighted by Gasteiger charge is 2.18. The lowest BCUT2D eigenvalue weighted by Crippen LogP contribution is -2.34. The van der Waals surface area contributed by atoms with Crippen LogP contribution in [0.5, 0.6) is 0 Å². The first-order valence-corrected chi connectivity index (χ1v) is 6.26. The molecule has 1 aliphatic heterocycles. The van der Waals surface area contributed by atoms with Gasteiger partial charge in [0.2, 0.25) is 0 Å². The van der Waals surface area contributed by atoms with Crippen LogP contribution in [0.3, 0.4) is 0 Å². The van der Waals surface area contributed by atoms with Crippen molar-refractivity contribution in [1.82, 2.24) is 0 Å². The molecule has 1 fully saturated rings. The average molecular weight is 269 g/mol. The highest BCUT2D eigenvalue weighted by atomic mass is 79.9. The smallest absolute Gasteiger partial charge is 0.0512 e. The minimum Gasteiger partial charge on any atom is -0.399 e. The van der Waals surface area contributed by atoms with Crippen LogP contribution < -0.4 is 10.6 Å². The minimum atomic E-state index is 0.795. The van der Waals surface area contributed by atoms with Gasteiger partial charge in [0.15, 0.2) is 0 Å². The van der Waals surface area contributed by atoms with E-state index in [9.17, 15) is 0 Å². The number of piperidine rings is 1. The normalized spacial score (nSPS) is 21.7. The van der Waals surface area contributed by atoms with E-state index < -0.39 is 0 Å². The number of nitrogens with two attached hydrogens (primary N) is 1. The average Bonchev–Trinajstić information content (AvgIpc) is 2.17. The second-order valence-corrected chi connectivity index (χ2v) is 5.26. The van der Waals surface area contributed by atoms with Crippen molar-refractivity contribution >= 4 is 27.3 Å². The van der Waals surface area contributed by atoms with Crippen LogP contribution >= 0.6 is 15.9 Å². The van der Waals surface area contributed by atoms with Crippen LogP contribution in [0.4, 0.5) is 11.4 Å². The molecule has 0 bridgehead atoms. The van der Waals surface area contributed by atoms with Gasteiger partial charge in [-0.1, -0.05) is 6.92 Å². The van der Waals surface area contributed by atoms with Gasteiger partial charge >= 0.3 is 0 Å². The van der Waals surface area contributed by atoms with Gasteiger partial charge in [-0.15, -0.1) is 0 Å². The summed E-state index contributed by atoms with van der Waals surface area (Å²) >= 11 is 3.58. The summed E-state index contributed by atoms with van der Waals surface area (Å²) in [5, 5.41) is 0. The first-order valence-electron chi connectivity index (χ1n) is 5.47. The molecule has 2 nitrogen and oxygen atoms in total. The van der Waals surface area contributed by atoms with Crippen LogP contribution in [0.1, 0.15) is 19.8 Å². The largest absolute Gasteiger partial charge is 0.399 e. The molecule has 1 atom stereocenters. The minimum absolute atomic E-state index is 0.795. The van der Waals surface area contributed by atoms with E-state index in [-0.39, 0.29) is 0 Å². The van der Waals surface area contributed by atoms with Crippen LogP contribution in [-0.4, -0.2) is 13.1 Å². The van der Waals surface area contributed by atoms with E-state index >= 15 is 0 Å². The summed E-state index contributed by atoms with van der Waals surface area (Å²) < 4.78 is 1.11. The van der Waals surface area contributed by atoms with Crippen molar-refractivity contribution < 1.29 is 0 Å². The summed E-state index contributed by atoms with van der Waals surface area (Å²) in [6.45, 7) is 4.63. The Kier molecular flexibility index (Phi) is 3.19. The fraction of sp³-hybridized carbons (Fsp3) is 0.500. The maximum absolute atomic E-state index is 5.74. The van der Waals surface area contributed by atoms with Crippen molar-refractivity contribution in [2.45, 2.75) is 19.8 Å². The second kappa shape index (κ2) is 4.44. The molecule has 0 saturated carbocycles. The van der Waals surface area contributed by atoms with E-state index in [0.717, 1.165) is 29.2 Å². The molecule has 82 valence electrons. The van der Waals surface area contributed by atoms with Gasteiger partial charge < -0.3 is 10.6 Å². The molecule has 0 aromatic heterocycles. The molecule has 0 amide bonds. The third-order valence-electron chi connectivity index (χ3n) is 2.97. The van der Waals surface area contributed by atoms with E-state index in [0.29, 0.717) is 0 Å². The third kappa shape index (κ3) is 2.46. The zero-order chi connectivity index (χ0) is 10.8. The highest BCUT2D eigenvalue weighted by molar-refractivity contribution is 9.10. The first-order chi connectivity index (χ1) is 7.16. The lowest BCUT2D eigenvalue weighted by atomic mass is 10.00. The van der Waals surface area contributed by atoms with Crippen molar-refractivity contribution in [3.8, 4) is 0 Å². The Morgan fingerprint density at radius 3 is 2.93 bits per heavy atom.